The summed E-state index contributed by atoms with van der Waals surface area (Å²) in [6.07, 6.45) is 3.62. The quantitative estimate of drug-likeness (QED) is 0.805. The van der Waals surface area contributed by atoms with Crippen LogP contribution in [0.25, 0.3) is 0 Å². The highest BCUT2D eigenvalue weighted by Gasteiger charge is 2.39. The summed E-state index contributed by atoms with van der Waals surface area (Å²) < 4.78 is 0. The Morgan fingerprint density at radius 3 is 2.00 bits per heavy atom. The lowest BCUT2D eigenvalue weighted by atomic mass is 9.83. The van der Waals surface area contributed by atoms with Gasteiger partial charge in [0, 0.05) is 18.0 Å². The maximum Gasteiger partial charge on any atom is 0.130 e. The fourth-order valence-electron chi connectivity index (χ4n) is 3.08. The van der Waals surface area contributed by atoms with Gasteiger partial charge in [0.1, 0.15) is 11.4 Å². The lowest BCUT2D eigenvalue weighted by molar-refractivity contribution is 0.524. The Labute approximate surface area is 135 Å². The summed E-state index contributed by atoms with van der Waals surface area (Å²) in [5.41, 5.74) is 3.12. The van der Waals surface area contributed by atoms with E-state index in [9.17, 15) is 0 Å². The van der Waals surface area contributed by atoms with Crippen molar-refractivity contribution >= 4 is 5.84 Å². The van der Waals surface area contributed by atoms with Gasteiger partial charge in [0.05, 0.1) is 6.54 Å². The second-order valence-electron chi connectivity index (χ2n) is 5.67. The molecule has 0 bridgehead atoms. The lowest BCUT2D eigenvalue weighted by Crippen LogP contribution is -2.44. The summed E-state index contributed by atoms with van der Waals surface area (Å²) in [7, 11) is 0. The molecule has 0 amide bonds. The van der Waals surface area contributed by atoms with Crippen LogP contribution in [0.5, 0.6) is 0 Å². The maximum atomic E-state index is 4.78. The predicted octanol–water partition coefficient (Wildman–Crippen LogP) is 3.38. The molecule has 3 nitrogen and oxygen atoms in total. The molecule has 3 heteroatoms. The van der Waals surface area contributed by atoms with E-state index in [1.54, 1.807) is 6.20 Å². The molecule has 23 heavy (non-hydrogen) atoms. The number of hydrogen-bond donors (Lipinski definition) is 1. The van der Waals surface area contributed by atoms with Gasteiger partial charge in [-0.25, -0.2) is 0 Å². The lowest BCUT2D eigenvalue weighted by Gasteiger charge is -2.31. The molecule has 1 aromatic heterocycles. The first-order valence-electron chi connectivity index (χ1n) is 7.73. The highest BCUT2D eigenvalue weighted by Crippen LogP contribution is 2.33. The molecule has 1 aliphatic heterocycles. The van der Waals surface area contributed by atoms with Crippen molar-refractivity contribution in [2.24, 2.45) is 4.99 Å². The Morgan fingerprint density at radius 1 is 0.783 bits per heavy atom. The zero-order valence-corrected chi connectivity index (χ0v) is 12.7. The number of hydrogen-bond acceptors (Lipinski definition) is 3. The monoisotopic (exact) mass is 299 g/mol. The largest absolute Gasteiger partial charge is 0.355 e. The third-order valence-electron chi connectivity index (χ3n) is 4.27. The number of aliphatic imine (C=N–C) groups is 1. The van der Waals surface area contributed by atoms with Gasteiger partial charge in [0.2, 0.25) is 0 Å². The zero-order valence-electron chi connectivity index (χ0n) is 12.7. The molecule has 2 aromatic carbocycles. The normalized spacial score (nSPS) is 15.7. The van der Waals surface area contributed by atoms with Gasteiger partial charge in [-0.1, -0.05) is 60.7 Å². The minimum Gasteiger partial charge on any atom is -0.355 e. The highest BCUT2D eigenvalue weighted by molar-refractivity contribution is 6.00. The van der Waals surface area contributed by atoms with Crippen molar-refractivity contribution in [1.82, 2.24) is 10.3 Å². The number of aromatic nitrogens is 1. The molecule has 0 aliphatic carbocycles. The first-order valence-corrected chi connectivity index (χ1v) is 7.73. The molecular formula is C20H17N3. The van der Waals surface area contributed by atoms with Crippen molar-refractivity contribution < 1.29 is 0 Å². The first-order chi connectivity index (χ1) is 11.4. The van der Waals surface area contributed by atoms with Crippen LogP contribution in [-0.4, -0.2) is 17.4 Å². The van der Waals surface area contributed by atoms with Crippen molar-refractivity contribution in [2.75, 3.05) is 6.54 Å². The van der Waals surface area contributed by atoms with Crippen molar-refractivity contribution in [3.8, 4) is 0 Å². The second kappa shape index (κ2) is 5.69. The van der Waals surface area contributed by atoms with E-state index in [1.165, 1.54) is 11.1 Å². The van der Waals surface area contributed by atoms with Crippen LogP contribution < -0.4 is 5.32 Å². The molecule has 3 aromatic rings. The number of rotatable bonds is 3. The van der Waals surface area contributed by atoms with Gasteiger partial charge in [-0.3, -0.25) is 9.98 Å². The molecule has 0 atom stereocenters. The number of amidine groups is 1. The van der Waals surface area contributed by atoms with E-state index in [2.05, 4.69) is 58.8 Å². The third kappa shape index (κ3) is 2.40. The van der Waals surface area contributed by atoms with Crippen LogP contribution in [0.3, 0.4) is 0 Å². The molecule has 1 aliphatic rings. The Bertz CT molecular complexity index is 772. The smallest absolute Gasteiger partial charge is 0.130 e. The molecule has 0 unspecified atom stereocenters. The Morgan fingerprint density at radius 2 is 1.43 bits per heavy atom. The molecule has 112 valence electrons. The van der Waals surface area contributed by atoms with E-state index in [1.807, 2.05) is 30.5 Å². The topological polar surface area (TPSA) is 37.3 Å². The highest BCUT2D eigenvalue weighted by atomic mass is 15.1. The first kappa shape index (κ1) is 13.7. The molecule has 0 fully saturated rings. The standard InChI is InChI=1S/C20H17N3/c1-3-9-17(10-4-1)20(18-11-5-2-6-12-18)15-22-19(23-20)16-8-7-13-21-14-16/h1-14H,15H2,(H,22,23). The molecule has 0 radical (unpaired) electrons. The number of nitrogens with zero attached hydrogens (tertiary/aromatic N) is 2. The van der Waals surface area contributed by atoms with E-state index >= 15 is 0 Å². The van der Waals surface area contributed by atoms with Crippen LogP contribution in [0.2, 0.25) is 0 Å². The van der Waals surface area contributed by atoms with Crippen LogP contribution in [0.4, 0.5) is 0 Å². The van der Waals surface area contributed by atoms with Crippen LogP contribution in [-0.2, 0) is 5.54 Å². The van der Waals surface area contributed by atoms with Gasteiger partial charge in [-0.05, 0) is 23.3 Å². The zero-order chi connectivity index (χ0) is 15.5. The van der Waals surface area contributed by atoms with E-state index < -0.39 is 0 Å². The average Bonchev–Trinajstić information content (AvgIpc) is 3.11. The van der Waals surface area contributed by atoms with Crippen LogP contribution in [0, 0.1) is 0 Å². The Balaban J connectivity index is 1.78. The van der Waals surface area contributed by atoms with E-state index in [0.29, 0.717) is 6.54 Å². The number of benzene rings is 2. The summed E-state index contributed by atoms with van der Waals surface area (Å²) in [5, 5.41) is 3.66. The fourth-order valence-corrected chi connectivity index (χ4v) is 3.08. The molecule has 2 heterocycles. The summed E-state index contributed by atoms with van der Waals surface area (Å²) in [5.74, 6) is 0.894. The second-order valence-corrected chi connectivity index (χ2v) is 5.67. The van der Waals surface area contributed by atoms with Crippen molar-refractivity contribution in [2.45, 2.75) is 5.54 Å². The minimum atomic E-state index is -0.326. The van der Waals surface area contributed by atoms with Crippen LogP contribution in [0.15, 0.2) is 90.2 Å². The van der Waals surface area contributed by atoms with Gasteiger partial charge < -0.3 is 5.32 Å². The summed E-state index contributed by atoms with van der Waals surface area (Å²) in [4.78, 5) is 8.98. The SMILES string of the molecule is c1ccc(C2(c3ccccc3)CN=C(c3cccnc3)N2)cc1. The van der Waals surface area contributed by atoms with Crippen molar-refractivity contribution in [3.63, 3.8) is 0 Å². The number of nitrogens with one attached hydrogen (secondary N) is 1. The van der Waals surface area contributed by atoms with Crippen LogP contribution in [0.1, 0.15) is 16.7 Å². The summed E-state index contributed by atoms with van der Waals surface area (Å²) in [6, 6.07) is 25.0. The molecule has 0 spiro atoms. The van der Waals surface area contributed by atoms with Gasteiger partial charge >= 0.3 is 0 Å². The van der Waals surface area contributed by atoms with E-state index in [-0.39, 0.29) is 5.54 Å². The summed E-state index contributed by atoms with van der Waals surface area (Å²) in [6.45, 7) is 0.672. The maximum absolute atomic E-state index is 4.78. The minimum absolute atomic E-state index is 0.326. The predicted molar refractivity (Wildman–Crippen MR) is 92.4 cm³/mol. The molecular weight excluding hydrogens is 282 g/mol. The fraction of sp³-hybridized carbons (Fsp3) is 0.100. The van der Waals surface area contributed by atoms with Gasteiger partial charge in [0.25, 0.3) is 0 Å². The molecule has 0 saturated carbocycles. The third-order valence-corrected chi connectivity index (χ3v) is 4.27. The van der Waals surface area contributed by atoms with Gasteiger partial charge in [0.15, 0.2) is 0 Å². The van der Waals surface area contributed by atoms with Crippen molar-refractivity contribution in [1.29, 1.82) is 0 Å². The Hall–Kier alpha value is -2.94. The summed E-state index contributed by atoms with van der Waals surface area (Å²) >= 11 is 0. The van der Waals surface area contributed by atoms with Crippen molar-refractivity contribution in [3.05, 3.63) is 102 Å². The Kier molecular flexibility index (Phi) is 3.39. The molecule has 0 saturated heterocycles. The van der Waals surface area contributed by atoms with E-state index in [4.69, 9.17) is 4.99 Å². The van der Waals surface area contributed by atoms with Gasteiger partial charge in [-0.2, -0.15) is 0 Å². The van der Waals surface area contributed by atoms with E-state index in [0.717, 1.165) is 11.4 Å². The molecule has 4 rings (SSSR count). The van der Waals surface area contributed by atoms with Gasteiger partial charge in [-0.15, -0.1) is 0 Å². The van der Waals surface area contributed by atoms with Crippen LogP contribution >= 0.6 is 0 Å². The average molecular weight is 299 g/mol. The molecule has 1 N–H and O–H groups in total. The number of pyridine rings is 1.